The normalized spacial score (nSPS) is 11.2. The summed E-state index contributed by atoms with van der Waals surface area (Å²) in [6.07, 6.45) is 1.55. The number of thiazole rings is 1. The molecule has 4 nitrogen and oxygen atoms in total. The van der Waals surface area contributed by atoms with Gasteiger partial charge < -0.3 is 9.15 Å². The zero-order valence-corrected chi connectivity index (χ0v) is 18.1. The highest BCUT2D eigenvalue weighted by Gasteiger charge is 2.13. The van der Waals surface area contributed by atoms with Gasteiger partial charge in [-0.3, -0.25) is 0 Å². The number of nitrogens with zero attached hydrogens (tertiary/aromatic N) is 2. The van der Waals surface area contributed by atoms with Crippen LogP contribution in [0.1, 0.15) is 22.7 Å². The van der Waals surface area contributed by atoms with Gasteiger partial charge in [0.05, 0.1) is 23.5 Å². The number of aromatic nitrogens is 2. The van der Waals surface area contributed by atoms with Crippen molar-refractivity contribution >= 4 is 32.8 Å². The predicted octanol–water partition coefficient (Wildman–Crippen LogP) is 6.53. The fourth-order valence-corrected chi connectivity index (χ4v) is 4.99. The second-order valence-corrected chi connectivity index (χ2v) is 8.66. The third kappa shape index (κ3) is 3.88. The van der Waals surface area contributed by atoms with Gasteiger partial charge >= 0.3 is 0 Å². The molecule has 0 aliphatic heterocycles. The molecule has 0 amide bonds. The lowest BCUT2D eigenvalue weighted by atomic mass is 10.1. The average molecular weight is 433 g/mol. The lowest BCUT2D eigenvalue weighted by Gasteiger charge is -2.09. The van der Waals surface area contributed by atoms with Gasteiger partial charge in [-0.2, -0.15) is 0 Å². The standard InChI is InChI=1S/C24H20N2O2S2/c1-16-21(26-24(28-16)17-5-3-2-4-6-17)9-11-27-22-8-7-18(13-19-14-29-15-25-19)23-20(22)10-12-30-23/h2-8,10,12,14-15H,9,11,13H2,1H3. The van der Waals surface area contributed by atoms with E-state index in [1.54, 1.807) is 22.7 Å². The maximum atomic E-state index is 6.15. The SMILES string of the molecule is Cc1oc(-c2ccccc2)nc1CCOc1ccc(Cc2cscn2)c2sccc12. The highest BCUT2D eigenvalue weighted by Crippen LogP contribution is 2.34. The molecule has 2 aromatic carbocycles. The molecule has 0 fully saturated rings. The van der Waals surface area contributed by atoms with E-state index in [1.165, 1.54) is 10.3 Å². The van der Waals surface area contributed by atoms with Gasteiger partial charge in [-0.25, -0.2) is 9.97 Å². The number of hydrogen-bond acceptors (Lipinski definition) is 6. The number of ether oxygens (including phenoxy) is 1. The first-order valence-corrected chi connectivity index (χ1v) is 11.6. The van der Waals surface area contributed by atoms with Gasteiger partial charge in [-0.15, -0.1) is 22.7 Å². The van der Waals surface area contributed by atoms with Gasteiger partial charge in [0.1, 0.15) is 11.5 Å². The summed E-state index contributed by atoms with van der Waals surface area (Å²) in [6.45, 7) is 2.51. The Bertz CT molecular complexity index is 1260. The van der Waals surface area contributed by atoms with Gasteiger partial charge in [0.15, 0.2) is 0 Å². The van der Waals surface area contributed by atoms with Gasteiger partial charge in [0.25, 0.3) is 0 Å². The number of benzene rings is 2. The fourth-order valence-electron chi connectivity index (χ4n) is 3.50. The Balaban J connectivity index is 1.29. The molecule has 5 rings (SSSR count). The second-order valence-electron chi connectivity index (χ2n) is 7.03. The fraction of sp³-hybridized carbons (Fsp3) is 0.167. The Morgan fingerprint density at radius 2 is 1.97 bits per heavy atom. The molecule has 30 heavy (non-hydrogen) atoms. The van der Waals surface area contributed by atoms with Crippen molar-refractivity contribution in [1.82, 2.24) is 9.97 Å². The van der Waals surface area contributed by atoms with E-state index in [0.717, 1.165) is 40.3 Å². The zero-order valence-electron chi connectivity index (χ0n) is 16.5. The molecule has 0 N–H and O–H groups in total. The van der Waals surface area contributed by atoms with Gasteiger partial charge in [0.2, 0.25) is 5.89 Å². The van der Waals surface area contributed by atoms with E-state index in [2.05, 4.69) is 38.9 Å². The minimum atomic E-state index is 0.554. The van der Waals surface area contributed by atoms with Crippen LogP contribution in [-0.4, -0.2) is 16.6 Å². The van der Waals surface area contributed by atoms with E-state index < -0.39 is 0 Å². The quantitative estimate of drug-likeness (QED) is 0.293. The van der Waals surface area contributed by atoms with E-state index in [1.807, 2.05) is 42.8 Å². The lowest BCUT2D eigenvalue weighted by Crippen LogP contribution is -2.03. The minimum absolute atomic E-state index is 0.554. The van der Waals surface area contributed by atoms with Crippen LogP contribution in [0.4, 0.5) is 0 Å². The van der Waals surface area contributed by atoms with Crippen LogP contribution in [0.3, 0.4) is 0 Å². The summed E-state index contributed by atoms with van der Waals surface area (Å²) < 4.78 is 13.3. The molecular weight excluding hydrogens is 412 g/mol. The van der Waals surface area contributed by atoms with Gasteiger partial charge in [0, 0.05) is 33.9 Å². The Morgan fingerprint density at radius 3 is 2.80 bits per heavy atom. The van der Waals surface area contributed by atoms with E-state index in [9.17, 15) is 0 Å². The first kappa shape index (κ1) is 19.0. The van der Waals surface area contributed by atoms with Crippen LogP contribution in [-0.2, 0) is 12.8 Å². The van der Waals surface area contributed by atoms with Crippen molar-refractivity contribution in [2.45, 2.75) is 19.8 Å². The molecule has 0 radical (unpaired) electrons. The Labute approximate surface area is 182 Å². The summed E-state index contributed by atoms with van der Waals surface area (Å²) in [5, 5.41) is 5.39. The third-order valence-corrected chi connectivity index (χ3v) is 6.65. The maximum Gasteiger partial charge on any atom is 0.226 e. The van der Waals surface area contributed by atoms with E-state index in [0.29, 0.717) is 18.9 Å². The van der Waals surface area contributed by atoms with Crippen LogP contribution >= 0.6 is 22.7 Å². The van der Waals surface area contributed by atoms with Crippen molar-refractivity contribution in [2.24, 2.45) is 0 Å². The Kier molecular flexibility index (Phi) is 5.34. The van der Waals surface area contributed by atoms with E-state index in [4.69, 9.17) is 9.15 Å². The number of aryl methyl sites for hydroxylation is 1. The molecule has 3 aromatic heterocycles. The van der Waals surface area contributed by atoms with E-state index in [-0.39, 0.29) is 0 Å². The average Bonchev–Trinajstić information content (AvgIpc) is 3.52. The molecule has 0 unspecified atom stereocenters. The van der Waals surface area contributed by atoms with Crippen LogP contribution < -0.4 is 4.74 Å². The number of fused-ring (bicyclic) bond motifs is 1. The highest BCUT2D eigenvalue weighted by atomic mass is 32.1. The first-order valence-electron chi connectivity index (χ1n) is 9.78. The first-order chi connectivity index (χ1) is 14.8. The zero-order chi connectivity index (χ0) is 20.3. The molecule has 0 saturated carbocycles. The molecule has 5 aromatic rings. The minimum Gasteiger partial charge on any atom is -0.493 e. The topological polar surface area (TPSA) is 48.2 Å². The molecule has 0 atom stereocenters. The molecule has 0 aliphatic carbocycles. The molecule has 0 bridgehead atoms. The summed E-state index contributed by atoms with van der Waals surface area (Å²) in [6, 6.07) is 16.3. The Hall–Kier alpha value is -2.96. The van der Waals surface area contributed by atoms with Crippen LogP contribution in [0.15, 0.2) is 69.2 Å². The summed E-state index contributed by atoms with van der Waals surface area (Å²) >= 11 is 3.39. The van der Waals surface area contributed by atoms with Crippen molar-refractivity contribution in [1.29, 1.82) is 0 Å². The number of rotatable bonds is 7. The molecule has 0 saturated heterocycles. The van der Waals surface area contributed by atoms with Crippen molar-refractivity contribution in [3.63, 3.8) is 0 Å². The summed E-state index contributed by atoms with van der Waals surface area (Å²) in [4.78, 5) is 9.09. The van der Waals surface area contributed by atoms with E-state index >= 15 is 0 Å². The molecule has 150 valence electrons. The highest BCUT2D eigenvalue weighted by molar-refractivity contribution is 7.17. The van der Waals surface area contributed by atoms with Crippen molar-refractivity contribution in [2.75, 3.05) is 6.61 Å². The van der Waals surface area contributed by atoms with Gasteiger partial charge in [-0.1, -0.05) is 24.3 Å². The number of hydrogen-bond donors (Lipinski definition) is 0. The van der Waals surface area contributed by atoms with Gasteiger partial charge in [-0.05, 0) is 42.1 Å². The summed E-state index contributed by atoms with van der Waals surface area (Å²) in [7, 11) is 0. The predicted molar refractivity (Wildman–Crippen MR) is 123 cm³/mol. The van der Waals surface area contributed by atoms with Crippen molar-refractivity contribution < 1.29 is 9.15 Å². The number of oxazole rings is 1. The monoisotopic (exact) mass is 432 g/mol. The number of thiophene rings is 1. The maximum absolute atomic E-state index is 6.15. The largest absolute Gasteiger partial charge is 0.493 e. The molecule has 6 heteroatoms. The lowest BCUT2D eigenvalue weighted by molar-refractivity contribution is 0.323. The van der Waals surface area contributed by atoms with Crippen LogP contribution in [0, 0.1) is 6.92 Å². The molecule has 3 heterocycles. The van der Waals surface area contributed by atoms with Crippen molar-refractivity contribution in [3.8, 4) is 17.2 Å². The molecule has 0 spiro atoms. The summed E-state index contributed by atoms with van der Waals surface area (Å²) in [5.41, 5.74) is 6.21. The second kappa shape index (κ2) is 8.42. The van der Waals surface area contributed by atoms with Crippen LogP contribution in [0.2, 0.25) is 0 Å². The van der Waals surface area contributed by atoms with Crippen molar-refractivity contribution in [3.05, 3.63) is 87.5 Å². The van der Waals surface area contributed by atoms with Crippen LogP contribution in [0.25, 0.3) is 21.5 Å². The summed E-state index contributed by atoms with van der Waals surface area (Å²) in [5.74, 6) is 2.42. The smallest absolute Gasteiger partial charge is 0.226 e. The molecule has 0 aliphatic rings. The molecular formula is C24H20N2O2S2. The Morgan fingerprint density at radius 1 is 1.07 bits per heavy atom. The van der Waals surface area contributed by atoms with Crippen LogP contribution in [0.5, 0.6) is 5.75 Å². The third-order valence-electron chi connectivity index (χ3n) is 5.02.